The van der Waals surface area contributed by atoms with Crippen LogP contribution in [-0.4, -0.2) is 13.9 Å². The second-order valence-electron chi connectivity index (χ2n) is 6.52. The molecule has 2 heteroatoms. The van der Waals surface area contributed by atoms with Crippen LogP contribution in [0.1, 0.15) is 27.0 Å². The fourth-order valence-corrected chi connectivity index (χ4v) is 5.50. The maximum Gasteiger partial charge on any atom is 0.193 e. The zero-order chi connectivity index (χ0) is 14.2. The Bertz CT molecular complexity index is 644. The Morgan fingerprint density at radius 2 is 1.70 bits per heavy atom. The van der Waals surface area contributed by atoms with Gasteiger partial charge in [0.15, 0.2) is 5.78 Å². The predicted molar refractivity (Wildman–Crippen MR) is 86.0 cm³/mol. The fraction of sp³-hybridized carbons (Fsp3) is 0.278. The van der Waals surface area contributed by atoms with E-state index in [-0.39, 0.29) is 5.78 Å². The van der Waals surface area contributed by atoms with Crippen molar-refractivity contribution >= 4 is 13.9 Å². The lowest BCUT2D eigenvalue weighted by molar-refractivity contribution is 0.103. The first-order chi connectivity index (χ1) is 9.55. The van der Waals surface area contributed by atoms with Gasteiger partial charge in [-0.25, -0.2) is 0 Å². The third-order valence-corrected chi connectivity index (χ3v) is 7.19. The molecule has 102 valence electrons. The highest BCUT2D eigenvalue weighted by molar-refractivity contribution is 6.77. The van der Waals surface area contributed by atoms with E-state index < -0.39 is 8.07 Å². The van der Waals surface area contributed by atoms with Crippen LogP contribution in [0.2, 0.25) is 19.1 Å². The largest absolute Gasteiger partial charge is 0.289 e. The van der Waals surface area contributed by atoms with Gasteiger partial charge in [-0.1, -0.05) is 61.6 Å². The molecule has 3 rings (SSSR count). The highest BCUT2D eigenvalue weighted by atomic mass is 28.3. The molecule has 0 aromatic heterocycles. The fourth-order valence-electron chi connectivity index (χ4n) is 3.01. The number of carbonyl (C=O) groups excluding carboxylic acids is 1. The van der Waals surface area contributed by atoms with Gasteiger partial charge in [-0.3, -0.25) is 4.79 Å². The smallest absolute Gasteiger partial charge is 0.193 e. The summed E-state index contributed by atoms with van der Waals surface area (Å²) in [6, 6.07) is 18.4. The average molecular weight is 280 g/mol. The van der Waals surface area contributed by atoms with E-state index in [9.17, 15) is 4.79 Å². The summed E-state index contributed by atoms with van der Waals surface area (Å²) in [6.45, 7) is 4.91. The van der Waals surface area contributed by atoms with E-state index >= 15 is 0 Å². The van der Waals surface area contributed by atoms with Gasteiger partial charge in [0.25, 0.3) is 0 Å². The number of carbonyl (C=O) groups is 1. The summed E-state index contributed by atoms with van der Waals surface area (Å²) < 4.78 is 0. The molecule has 1 heterocycles. The minimum Gasteiger partial charge on any atom is -0.289 e. The van der Waals surface area contributed by atoms with Crippen LogP contribution in [0.3, 0.4) is 0 Å². The van der Waals surface area contributed by atoms with Gasteiger partial charge in [0.1, 0.15) is 0 Å². The molecular weight excluding hydrogens is 260 g/mol. The minimum atomic E-state index is -1.04. The molecule has 0 bridgehead atoms. The zero-order valence-electron chi connectivity index (χ0n) is 12.1. The Kier molecular flexibility index (Phi) is 3.34. The van der Waals surface area contributed by atoms with E-state index in [2.05, 4.69) is 25.2 Å². The predicted octanol–water partition coefficient (Wildman–Crippen LogP) is 4.26. The van der Waals surface area contributed by atoms with Gasteiger partial charge >= 0.3 is 0 Å². The van der Waals surface area contributed by atoms with Gasteiger partial charge in [0, 0.05) is 11.1 Å². The molecule has 1 aliphatic rings. The summed E-state index contributed by atoms with van der Waals surface area (Å²) in [4.78, 5) is 12.5. The average Bonchev–Trinajstić information content (AvgIpc) is 2.46. The van der Waals surface area contributed by atoms with Crippen molar-refractivity contribution in [3.05, 3.63) is 70.8 Å². The lowest BCUT2D eigenvalue weighted by Gasteiger charge is -2.29. The highest BCUT2D eigenvalue weighted by Gasteiger charge is 2.27. The van der Waals surface area contributed by atoms with Crippen LogP contribution in [0.4, 0.5) is 0 Å². The van der Waals surface area contributed by atoms with Crippen molar-refractivity contribution in [2.75, 3.05) is 0 Å². The first kappa shape index (κ1) is 13.3. The van der Waals surface area contributed by atoms with Crippen LogP contribution in [-0.2, 0) is 12.5 Å². The summed E-state index contributed by atoms with van der Waals surface area (Å²) in [6.07, 6.45) is 1.14. The number of rotatable bonds is 2. The van der Waals surface area contributed by atoms with Crippen molar-refractivity contribution in [1.82, 2.24) is 0 Å². The van der Waals surface area contributed by atoms with Crippen LogP contribution in [0, 0.1) is 0 Å². The van der Waals surface area contributed by atoms with E-state index in [1.807, 2.05) is 36.4 Å². The minimum absolute atomic E-state index is 0.135. The molecule has 0 unspecified atom stereocenters. The quantitative estimate of drug-likeness (QED) is 0.593. The summed E-state index contributed by atoms with van der Waals surface area (Å²) in [5.74, 6) is 0.135. The van der Waals surface area contributed by atoms with Gasteiger partial charge in [-0.15, -0.1) is 0 Å². The molecule has 2 aromatic rings. The molecular formula is C18H20OSi. The van der Waals surface area contributed by atoms with E-state index in [1.54, 1.807) is 0 Å². The van der Waals surface area contributed by atoms with E-state index in [1.165, 1.54) is 23.2 Å². The second kappa shape index (κ2) is 5.02. The number of hydrogen-bond acceptors (Lipinski definition) is 1. The third-order valence-electron chi connectivity index (χ3n) is 4.24. The van der Waals surface area contributed by atoms with Crippen LogP contribution < -0.4 is 0 Å². The van der Waals surface area contributed by atoms with Crippen LogP contribution in [0.25, 0.3) is 0 Å². The second-order valence-corrected chi connectivity index (χ2v) is 11.7. The monoisotopic (exact) mass is 280 g/mol. The van der Waals surface area contributed by atoms with Gasteiger partial charge < -0.3 is 0 Å². The Morgan fingerprint density at radius 3 is 2.45 bits per heavy atom. The summed E-state index contributed by atoms with van der Waals surface area (Å²) in [7, 11) is -1.04. The molecule has 0 saturated heterocycles. The van der Waals surface area contributed by atoms with Crippen molar-refractivity contribution in [2.24, 2.45) is 0 Å². The van der Waals surface area contributed by atoms with Crippen molar-refractivity contribution < 1.29 is 4.79 Å². The summed E-state index contributed by atoms with van der Waals surface area (Å²) >= 11 is 0. The molecule has 20 heavy (non-hydrogen) atoms. The molecule has 0 atom stereocenters. The van der Waals surface area contributed by atoms with Gasteiger partial charge in [0.2, 0.25) is 0 Å². The van der Waals surface area contributed by atoms with Crippen molar-refractivity contribution in [3.63, 3.8) is 0 Å². The Labute approximate surface area is 121 Å². The molecule has 0 saturated carbocycles. The Balaban J connectivity index is 1.92. The number of fused-ring (bicyclic) bond motifs is 1. The number of ketones is 1. The van der Waals surface area contributed by atoms with Crippen LogP contribution in [0.5, 0.6) is 0 Å². The van der Waals surface area contributed by atoms with Crippen molar-refractivity contribution in [1.29, 1.82) is 0 Å². The van der Waals surface area contributed by atoms with Crippen LogP contribution in [0.15, 0.2) is 48.5 Å². The standard InChI is InChI=1S/C18H20OSi/c1-20(2)11-10-15-12-16(8-9-17(15)13-20)18(19)14-6-4-3-5-7-14/h3-9,12H,10-11,13H2,1-2H3. The third kappa shape index (κ3) is 2.61. The van der Waals surface area contributed by atoms with Crippen molar-refractivity contribution in [3.8, 4) is 0 Å². The molecule has 2 aromatic carbocycles. The van der Waals surface area contributed by atoms with E-state index in [0.717, 1.165) is 17.5 Å². The lowest BCUT2D eigenvalue weighted by atomic mass is 9.97. The van der Waals surface area contributed by atoms with Gasteiger partial charge in [-0.2, -0.15) is 0 Å². The van der Waals surface area contributed by atoms with Crippen molar-refractivity contribution in [2.45, 2.75) is 31.6 Å². The molecule has 0 amide bonds. The lowest BCUT2D eigenvalue weighted by Crippen LogP contribution is -2.33. The first-order valence-electron chi connectivity index (χ1n) is 7.27. The maximum absolute atomic E-state index is 12.5. The zero-order valence-corrected chi connectivity index (χ0v) is 13.1. The van der Waals surface area contributed by atoms with Gasteiger partial charge in [-0.05, 0) is 29.7 Å². The van der Waals surface area contributed by atoms with Crippen LogP contribution >= 0.6 is 0 Å². The van der Waals surface area contributed by atoms with E-state index in [4.69, 9.17) is 0 Å². The topological polar surface area (TPSA) is 17.1 Å². The maximum atomic E-state index is 12.5. The molecule has 0 N–H and O–H groups in total. The number of aryl methyl sites for hydroxylation is 1. The van der Waals surface area contributed by atoms with E-state index in [0.29, 0.717) is 0 Å². The normalized spacial score (nSPS) is 16.5. The molecule has 0 spiro atoms. The number of benzene rings is 2. The SMILES string of the molecule is C[Si]1(C)CCc2cc(C(=O)c3ccccc3)ccc2C1. The molecule has 0 radical (unpaired) electrons. The molecule has 0 fully saturated rings. The molecule has 1 nitrogen and oxygen atoms in total. The Morgan fingerprint density at radius 1 is 0.950 bits per heavy atom. The summed E-state index contributed by atoms with van der Waals surface area (Å²) in [5.41, 5.74) is 4.46. The molecule has 0 aliphatic carbocycles. The summed E-state index contributed by atoms with van der Waals surface area (Å²) in [5, 5.41) is 0. The first-order valence-corrected chi connectivity index (χ1v) is 10.7. The molecule has 1 aliphatic heterocycles. The van der Waals surface area contributed by atoms with Gasteiger partial charge in [0.05, 0.1) is 8.07 Å². The Hall–Kier alpha value is -1.67. The highest BCUT2D eigenvalue weighted by Crippen LogP contribution is 2.29. The number of hydrogen-bond donors (Lipinski definition) is 0.